The van der Waals surface area contributed by atoms with Crippen LogP contribution in [0.15, 0.2) is 54.9 Å². The molecule has 9 heteroatoms. The summed E-state index contributed by atoms with van der Waals surface area (Å²) in [7, 11) is 0. The Bertz CT molecular complexity index is 1520. The van der Waals surface area contributed by atoms with Crippen LogP contribution in [0.3, 0.4) is 0 Å². The number of hydrogen-bond donors (Lipinski definition) is 3. The monoisotopic (exact) mass is 528 g/mol. The predicted octanol–water partition coefficient (Wildman–Crippen LogP) is 5.30. The molecule has 0 bridgehead atoms. The van der Waals surface area contributed by atoms with E-state index in [4.69, 9.17) is 4.98 Å². The maximum Gasteiger partial charge on any atom is 0.254 e. The Balaban J connectivity index is 1.53. The van der Waals surface area contributed by atoms with Gasteiger partial charge >= 0.3 is 0 Å². The SMILES string of the molecule is CC(C)CNc1nc(-c2ccc(C(=O)NC(C)C)c(F)c2)cn2c(-c3ccc(C(=O)NC4CC4)cc3)cnc12. The van der Waals surface area contributed by atoms with Crippen LogP contribution >= 0.6 is 0 Å². The molecule has 2 aromatic heterocycles. The third kappa shape index (κ3) is 5.92. The number of benzene rings is 2. The molecule has 0 unspecified atom stereocenters. The zero-order valence-corrected chi connectivity index (χ0v) is 22.6. The minimum atomic E-state index is -0.616. The molecule has 39 heavy (non-hydrogen) atoms. The molecule has 5 rings (SSSR count). The van der Waals surface area contributed by atoms with Crippen molar-refractivity contribution in [3.8, 4) is 22.5 Å². The Morgan fingerprint density at radius 1 is 1.03 bits per heavy atom. The van der Waals surface area contributed by atoms with Gasteiger partial charge in [-0.1, -0.05) is 32.0 Å². The van der Waals surface area contributed by atoms with Gasteiger partial charge < -0.3 is 16.0 Å². The van der Waals surface area contributed by atoms with Crippen LogP contribution in [0.4, 0.5) is 10.2 Å². The fraction of sp³-hybridized carbons (Fsp3) is 0.333. The lowest BCUT2D eigenvalue weighted by molar-refractivity contribution is 0.0934. The van der Waals surface area contributed by atoms with E-state index in [1.54, 1.807) is 12.3 Å². The number of nitrogens with one attached hydrogen (secondary N) is 3. The Morgan fingerprint density at radius 3 is 2.38 bits per heavy atom. The van der Waals surface area contributed by atoms with Crippen molar-refractivity contribution in [3.63, 3.8) is 0 Å². The van der Waals surface area contributed by atoms with Gasteiger partial charge in [-0.25, -0.2) is 14.4 Å². The summed E-state index contributed by atoms with van der Waals surface area (Å²) in [5.74, 6) is -0.190. The molecule has 1 saturated carbocycles. The number of hydrogen-bond acceptors (Lipinski definition) is 5. The first kappa shape index (κ1) is 26.3. The molecule has 1 aliphatic rings. The van der Waals surface area contributed by atoms with Gasteiger partial charge in [-0.3, -0.25) is 14.0 Å². The standard InChI is InChI=1S/C30H33FN6O2/c1-17(2)14-32-27-28-33-15-26(19-5-7-20(8-6-19)29(38)35-22-10-11-22)37(28)16-25(36-27)21-9-12-23(24(31)13-21)30(39)34-18(3)4/h5-9,12-13,15-18,22H,10-11,14H2,1-4H3,(H,32,36)(H,34,39)(H,35,38). The maximum atomic E-state index is 15.0. The third-order valence-corrected chi connectivity index (χ3v) is 6.45. The number of carbonyl (C=O) groups is 2. The molecule has 0 saturated heterocycles. The van der Waals surface area contributed by atoms with Gasteiger partial charge in [0, 0.05) is 41.5 Å². The molecule has 2 heterocycles. The van der Waals surface area contributed by atoms with Crippen LogP contribution in [0.1, 0.15) is 61.3 Å². The van der Waals surface area contributed by atoms with Crippen molar-refractivity contribution < 1.29 is 14.0 Å². The number of aromatic nitrogens is 3. The van der Waals surface area contributed by atoms with Crippen molar-refractivity contribution in [3.05, 3.63) is 71.8 Å². The third-order valence-electron chi connectivity index (χ3n) is 6.45. The molecule has 0 radical (unpaired) electrons. The topological polar surface area (TPSA) is 100 Å². The van der Waals surface area contributed by atoms with E-state index in [1.165, 1.54) is 12.1 Å². The number of amides is 2. The van der Waals surface area contributed by atoms with E-state index in [9.17, 15) is 9.59 Å². The second-order valence-electron chi connectivity index (χ2n) is 10.7. The minimum Gasteiger partial charge on any atom is -0.367 e. The molecule has 4 aromatic rings. The fourth-order valence-corrected chi connectivity index (χ4v) is 4.25. The van der Waals surface area contributed by atoms with E-state index in [1.807, 2.05) is 48.7 Å². The molecule has 0 spiro atoms. The van der Waals surface area contributed by atoms with Crippen LogP contribution in [-0.4, -0.2) is 44.8 Å². The first-order valence-corrected chi connectivity index (χ1v) is 13.3. The zero-order valence-electron chi connectivity index (χ0n) is 22.6. The highest BCUT2D eigenvalue weighted by Gasteiger charge is 2.24. The van der Waals surface area contributed by atoms with Gasteiger partial charge in [0.25, 0.3) is 11.8 Å². The average molecular weight is 529 g/mol. The number of rotatable bonds is 9. The lowest BCUT2D eigenvalue weighted by Gasteiger charge is -2.14. The molecular formula is C30H33FN6O2. The fourth-order valence-electron chi connectivity index (χ4n) is 4.25. The number of anilines is 1. The van der Waals surface area contributed by atoms with Gasteiger partial charge in [0.05, 0.1) is 23.1 Å². The van der Waals surface area contributed by atoms with Crippen molar-refractivity contribution in [2.75, 3.05) is 11.9 Å². The van der Waals surface area contributed by atoms with Crippen molar-refractivity contribution >= 4 is 23.3 Å². The highest BCUT2D eigenvalue weighted by atomic mass is 19.1. The number of carbonyl (C=O) groups excluding carboxylic acids is 2. The summed E-state index contributed by atoms with van der Waals surface area (Å²) in [6.45, 7) is 8.54. The van der Waals surface area contributed by atoms with Gasteiger partial charge in [0.1, 0.15) is 5.82 Å². The van der Waals surface area contributed by atoms with Gasteiger partial charge in [-0.2, -0.15) is 0 Å². The minimum absolute atomic E-state index is 0.0131. The number of nitrogens with zero attached hydrogens (tertiary/aromatic N) is 3. The Labute approximate surface area is 227 Å². The predicted molar refractivity (Wildman–Crippen MR) is 150 cm³/mol. The quantitative estimate of drug-likeness (QED) is 0.274. The van der Waals surface area contributed by atoms with Crippen molar-refractivity contribution in [2.24, 2.45) is 5.92 Å². The van der Waals surface area contributed by atoms with Crippen molar-refractivity contribution in [1.29, 1.82) is 0 Å². The van der Waals surface area contributed by atoms with Crippen molar-refractivity contribution in [2.45, 2.75) is 52.6 Å². The summed E-state index contributed by atoms with van der Waals surface area (Å²) in [5.41, 5.74) is 3.99. The molecule has 1 aliphatic carbocycles. The molecule has 202 valence electrons. The lowest BCUT2D eigenvalue weighted by atomic mass is 10.1. The molecule has 8 nitrogen and oxygen atoms in total. The van der Waals surface area contributed by atoms with E-state index >= 15 is 4.39 Å². The van der Waals surface area contributed by atoms with Crippen LogP contribution in [-0.2, 0) is 0 Å². The molecule has 0 atom stereocenters. The lowest BCUT2D eigenvalue weighted by Crippen LogP contribution is -2.30. The van der Waals surface area contributed by atoms with E-state index in [0.29, 0.717) is 46.8 Å². The van der Waals surface area contributed by atoms with Gasteiger partial charge in [-0.05, 0) is 56.9 Å². The summed E-state index contributed by atoms with van der Waals surface area (Å²) >= 11 is 0. The van der Waals surface area contributed by atoms with Gasteiger partial charge in [-0.15, -0.1) is 0 Å². The number of imidazole rings is 1. The zero-order chi connectivity index (χ0) is 27.7. The maximum absolute atomic E-state index is 15.0. The van der Waals surface area contributed by atoms with E-state index in [0.717, 1.165) is 24.1 Å². The van der Waals surface area contributed by atoms with Crippen molar-refractivity contribution in [1.82, 2.24) is 25.0 Å². The van der Waals surface area contributed by atoms with E-state index in [2.05, 4.69) is 34.8 Å². The van der Waals surface area contributed by atoms with Crippen LogP contribution in [0, 0.1) is 11.7 Å². The Hall–Kier alpha value is -4.27. The summed E-state index contributed by atoms with van der Waals surface area (Å²) in [5, 5.41) is 9.10. The van der Waals surface area contributed by atoms with E-state index in [-0.39, 0.29) is 17.5 Å². The molecule has 1 fully saturated rings. The molecule has 3 N–H and O–H groups in total. The first-order chi connectivity index (χ1) is 18.7. The normalized spacial score (nSPS) is 13.2. The molecular weight excluding hydrogens is 495 g/mol. The van der Waals surface area contributed by atoms with E-state index < -0.39 is 11.7 Å². The average Bonchev–Trinajstić information content (AvgIpc) is 3.61. The Morgan fingerprint density at radius 2 is 1.74 bits per heavy atom. The van der Waals surface area contributed by atoms with Crippen LogP contribution in [0.2, 0.25) is 0 Å². The second-order valence-corrected chi connectivity index (χ2v) is 10.7. The summed E-state index contributed by atoms with van der Waals surface area (Å²) in [6.07, 6.45) is 5.65. The van der Waals surface area contributed by atoms with Gasteiger partial charge in [0.15, 0.2) is 11.5 Å². The summed E-state index contributed by atoms with van der Waals surface area (Å²) in [4.78, 5) is 34.2. The van der Waals surface area contributed by atoms with Gasteiger partial charge in [0.2, 0.25) is 0 Å². The first-order valence-electron chi connectivity index (χ1n) is 13.3. The number of halogens is 1. The molecule has 0 aliphatic heterocycles. The van der Waals surface area contributed by atoms with Crippen LogP contribution in [0.25, 0.3) is 28.2 Å². The van der Waals surface area contributed by atoms with Crippen LogP contribution < -0.4 is 16.0 Å². The second kappa shape index (κ2) is 10.8. The smallest absolute Gasteiger partial charge is 0.254 e. The number of fused-ring (bicyclic) bond motifs is 1. The summed E-state index contributed by atoms with van der Waals surface area (Å²) in [6, 6.07) is 12.1. The summed E-state index contributed by atoms with van der Waals surface area (Å²) < 4.78 is 16.9. The highest BCUT2D eigenvalue weighted by molar-refractivity contribution is 5.95. The molecule has 2 amide bonds. The largest absolute Gasteiger partial charge is 0.367 e. The molecule has 2 aromatic carbocycles. The highest BCUT2D eigenvalue weighted by Crippen LogP contribution is 2.29. The Kier molecular flexibility index (Phi) is 7.32. The van der Waals surface area contributed by atoms with Crippen LogP contribution in [0.5, 0.6) is 0 Å².